The van der Waals surface area contributed by atoms with Gasteiger partial charge in [0.15, 0.2) is 11.6 Å². The van der Waals surface area contributed by atoms with E-state index >= 15 is 0 Å². The van der Waals surface area contributed by atoms with Crippen molar-refractivity contribution in [3.63, 3.8) is 0 Å². The number of ether oxygens (including phenoxy) is 1. The number of aromatic nitrogens is 2. The Morgan fingerprint density at radius 1 is 1.31 bits per heavy atom. The van der Waals surface area contributed by atoms with E-state index in [9.17, 15) is 9.18 Å². The Labute approximate surface area is 150 Å². The van der Waals surface area contributed by atoms with E-state index in [1.807, 2.05) is 0 Å². The molecule has 4 N–H and O–H groups in total. The van der Waals surface area contributed by atoms with Crippen LogP contribution in [0.2, 0.25) is 0 Å². The van der Waals surface area contributed by atoms with Crippen LogP contribution in [0.5, 0.6) is 5.75 Å². The quantitative estimate of drug-likeness (QED) is 0.683. The second kappa shape index (κ2) is 6.92. The van der Waals surface area contributed by atoms with Crippen molar-refractivity contribution in [2.75, 3.05) is 12.3 Å². The zero-order valence-electron chi connectivity index (χ0n) is 15.1. The molecule has 0 amide bonds. The van der Waals surface area contributed by atoms with Crippen molar-refractivity contribution in [3.8, 4) is 5.75 Å². The molecule has 1 aromatic carbocycles. The van der Waals surface area contributed by atoms with Gasteiger partial charge in [-0.25, -0.2) is 9.37 Å². The van der Waals surface area contributed by atoms with Gasteiger partial charge in [0.2, 0.25) is 0 Å². The Bertz CT molecular complexity index is 1030. The number of benzene rings is 1. The molecule has 26 heavy (non-hydrogen) atoms. The molecule has 3 aromatic rings. The summed E-state index contributed by atoms with van der Waals surface area (Å²) >= 11 is 0. The maximum Gasteiger partial charge on any atom is 0.262 e. The second-order valence-corrected chi connectivity index (χ2v) is 6.98. The van der Waals surface area contributed by atoms with Crippen LogP contribution in [0.3, 0.4) is 0 Å². The van der Waals surface area contributed by atoms with Gasteiger partial charge in [-0.2, -0.15) is 0 Å². The normalized spacial score (nSPS) is 12.8. The number of halogens is 1. The largest absolute Gasteiger partial charge is 0.489 e. The van der Waals surface area contributed by atoms with Gasteiger partial charge < -0.3 is 20.8 Å². The Morgan fingerprint density at radius 2 is 2.04 bits per heavy atom. The van der Waals surface area contributed by atoms with E-state index in [0.29, 0.717) is 22.2 Å². The number of aryl methyl sites for hydroxylation is 1. The third-order valence-electron chi connectivity index (χ3n) is 4.43. The number of nitrogen functional groups attached to an aromatic ring is 1. The molecule has 0 spiro atoms. The van der Waals surface area contributed by atoms with Crippen LogP contribution in [-0.4, -0.2) is 22.2 Å². The summed E-state index contributed by atoms with van der Waals surface area (Å²) in [5.41, 5.74) is 12.1. The summed E-state index contributed by atoms with van der Waals surface area (Å²) in [5.74, 6) is 0.129. The summed E-state index contributed by atoms with van der Waals surface area (Å²) in [6.07, 6.45) is 2.29. The first kappa shape index (κ1) is 18.1. The Hall–Kier alpha value is -2.67. The number of nitrogens with zero attached hydrogens (tertiary/aromatic N) is 2. The van der Waals surface area contributed by atoms with Gasteiger partial charge in [-0.1, -0.05) is 13.8 Å². The smallest absolute Gasteiger partial charge is 0.262 e. The van der Waals surface area contributed by atoms with Gasteiger partial charge in [0, 0.05) is 36.1 Å². The molecule has 2 heterocycles. The van der Waals surface area contributed by atoms with E-state index < -0.39 is 5.82 Å². The minimum Gasteiger partial charge on any atom is -0.489 e. The average Bonchev–Trinajstić information content (AvgIpc) is 2.57. The summed E-state index contributed by atoms with van der Waals surface area (Å²) < 4.78 is 21.6. The third kappa shape index (κ3) is 3.22. The number of anilines is 1. The first-order valence-electron chi connectivity index (χ1n) is 8.54. The molecule has 2 aromatic heterocycles. The Morgan fingerprint density at radius 3 is 2.73 bits per heavy atom. The standard InChI is InChI=1S/C19H23FN4O2/c1-10(2)6-11(21)9-26-16-8-15-13(7-14(16)20)12-4-5-23-18(22)17(12)19(25)24(15)3/h4-5,7-8,10-11H,6,9,21H2,1-3H3,(H2,22,23). The first-order chi connectivity index (χ1) is 12.3. The van der Waals surface area contributed by atoms with Crippen LogP contribution in [0.1, 0.15) is 20.3 Å². The van der Waals surface area contributed by atoms with Crippen molar-refractivity contribution in [1.29, 1.82) is 0 Å². The van der Waals surface area contributed by atoms with Gasteiger partial charge >= 0.3 is 0 Å². The first-order valence-corrected chi connectivity index (χ1v) is 8.54. The fourth-order valence-corrected chi connectivity index (χ4v) is 3.22. The van der Waals surface area contributed by atoms with E-state index in [-0.39, 0.29) is 35.2 Å². The summed E-state index contributed by atoms with van der Waals surface area (Å²) in [4.78, 5) is 16.6. The fourth-order valence-electron chi connectivity index (χ4n) is 3.22. The number of rotatable bonds is 5. The van der Waals surface area contributed by atoms with E-state index in [1.165, 1.54) is 22.9 Å². The molecule has 0 aliphatic carbocycles. The van der Waals surface area contributed by atoms with E-state index in [4.69, 9.17) is 16.2 Å². The van der Waals surface area contributed by atoms with Gasteiger partial charge in [-0.3, -0.25) is 4.79 Å². The van der Waals surface area contributed by atoms with Gasteiger partial charge in [0.1, 0.15) is 12.4 Å². The molecular weight excluding hydrogens is 335 g/mol. The molecule has 0 fully saturated rings. The molecule has 7 heteroatoms. The van der Waals surface area contributed by atoms with Gasteiger partial charge in [-0.05, 0) is 24.5 Å². The molecule has 0 bridgehead atoms. The van der Waals surface area contributed by atoms with Crippen LogP contribution in [0.15, 0.2) is 29.2 Å². The zero-order valence-corrected chi connectivity index (χ0v) is 15.1. The predicted octanol–water partition coefficient (Wildman–Crippen LogP) is 2.56. The van der Waals surface area contributed by atoms with Crippen LogP contribution in [0, 0.1) is 11.7 Å². The van der Waals surface area contributed by atoms with Crippen LogP contribution >= 0.6 is 0 Å². The molecular formula is C19H23FN4O2. The number of hydrogen-bond acceptors (Lipinski definition) is 5. The summed E-state index contributed by atoms with van der Waals surface area (Å²) in [6.45, 7) is 4.34. The maximum atomic E-state index is 14.6. The molecule has 0 aliphatic heterocycles. The highest BCUT2D eigenvalue weighted by atomic mass is 19.1. The second-order valence-electron chi connectivity index (χ2n) is 6.98. The molecule has 1 atom stereocenters. The number of nitrogens with two attached hydrogens (primary N) is 2. The molecule has 0 aliphatic rings. The fraction of sp³-hybridized carbons (Fsp3) is 0.368. The molecule has 3 rings (SSSR count). The lowest BCUT2D eigenvalue weighted by Crippen LogP contribution is -2.29. The van der Waals surface area contributed by atoms with Crippen molar-refractivity contribution in [3.05, 3.63) is 40.6 Å². The SMILES string of the molecule is CC(C)CC(N)COc1cc2c(cc1F)c1ccnc(N)c1c(=O)n2C. The lowest BCUT2D eigenvalue weighted by molar-refractivity contribution is 0.260. The number of fused-ring (bicyclic) bond motifs is 3. The lowest BCUT2D eigenvalue weighted by Gasteiger charge is -2.17. The lowest BCUT2D eigenvalue weighted by atomic mass is 10.1. The van der Waals surface area contributed by atoms with Crippen LogP contribution in [-0.2, 0) is 7.05 Å². The summed E-state index contributed by atoms with van der Waals surface area (Å²) in [6, 6.07) is 4.37. The predicted molar refractivity (Wildman–Crippen MR) is 102 cm³/mol. The van der Waals surface area contributed by atoms with E-state index in [1.54, 1.807) is 13.1 Å². The summed E-state index contributed by atoms with van der Waals surface area (Å²) in [5, 5.41) is 1.43. The monoisotopic (exact) mass is 358 g/mol. The average molecular weight is 358 g/mol. The highest BCUT2D eigenvalue weighted by Crippen LogP contribution is 2.30. The van der Waals surface area contributed by atoms with Crippen LogP contribution in [0.4, 0.5) is 10.2 Å². The van der Waals surface area contributed by atoms with Gasteiger partial charge in [0.05, 0.1) is 10.9 Å². The molecule has 138 valence electrons. The highest BCUT2D eigenvalue weighted by molar-refractivity contribution is 6.08. The minimum atomic E-state index is -0.510. The molecule has 0 saturated heterocycles. The molecule has 0 radical (unpaired) electrons. The Balaban J connectivity index is 2.10. The van der Waals surface area contributed by atoms with Gasteiger partial charge in [-0.15, -0.1) is 0 Å². The maximum absolute atomic E-state index is 14.6. The topological polar surface area (TPSA) is 96.2 Å². The molecule has 1 unspecified atom stereocenters. The Kier molecular flexibility index (Phi) is 4.82. The van der Waals surface area contributed by atoms with E-state index in [0.717, 1.165) is 6.42 Å². The molecule has 6 nitrogen and oxygen atoms in total. The summed E-state index contributed by atoms with van der Waals surface area (Å²) in [7, 11) is 1.61. The van der Waals surface area contributed by atoms with Crippen molar-refractivity contribution in [2.24, 2.45) is 18.7 Å². The third-order valence-corrected chi connectivity index (χ3v) is 4.43. The van der Waals surface area contributed by atoms with E-state index in [2.05, 4.69) is 18.8 Å². The highest BCUT2D eigenvalue weighted by Gasteiger charge is 2.16. The molecule has 0 saturated carbocycles. The minimum absolute atomic E-state index is 0.0769. The van der Waals surface area contributed by atoms with Crippen molar-refractivity contribution in [2.45, 2.75) is 26.3 Å². The van der Waals surface area contributed by atoms with Crippen molar-refractivity contribution >= 4 is 27.5 Å². The number of pyridine rings is 2. The van der Waals surface area contributed by atoms with Crippen molar-refractivity contribution in [1.82, 2.24) is 9.55 Å². The van der Waals surface area contributed by atoms with Crippen LogP contribution < -0.4 is 21.8 Å². The van der Waals surface area contributed by atoms with Crippen molar-refractivity contribution < 1.29 is 9.13 Å². The number of hydrogen-bond donors (Lipinski definition) is 2. The zero-order chi connectivity index (χ0) is 19.0. The van der Waals surface area contributed by atoms with Gasteiger partial charge in [0.25, 0.3) is 5.56 Å². The van der Waals surface area contributed by atoms with Crippen LogP contribution in [0.25, 0.3) is 21.7 Å².